The zero-order valence-corrected chi connectivity index (χ0v) is 18.5. The van der Waals surface area contributed by atoms with E-state index in [-0.39, 0.29) is 16.9 Å². The van der Waals surface area contributed by atoms with Gasteiger partial charge in [0.1, 0.15) is 5.82 Å². The minimum atomic E-state index is -0.197. The summed E-state index contributed by atoms with van der Waals surface area (Å²) in [5.41, 5.74) is 2.32. The summed E-state index contributed by atoms with van der Waals surface area (Å²) in [6, 6.07) is 7.24. The molecule has 1 N–H and O–H groups in total. The Bertz CT molecular complexity index is 783. The van der Waals surface area contributed by atoms with Crippen molar-refractivity contribution in [3.63, 3.8) is 0 Å². The van der Waals surface area contributed by atoms with E-state index in [1.807, 2.05) is 43.5 Å². The summed E-state index contributed by atoms with van der Waals surface area (Å²) in [6.07, 6.45) is 5.93. The van der Waals surface area contributed by atoms with Gasteiger partial charge >= 0.3 is 0 Å². The van der Waals surface area contributed by atoms with E-state index in [0.29, 0.717) is 12.0 Å². The maximum atomic E-state index is 13.4. The average molecular weight is 400 g/mol. The number of nitrogens with zero attached hydrogens (tertiary/aromatic N) is 4. The summed E-state index contributed by atoms with van der Waals surface area (Å²) in [5, 5.41) is 3.77. The first-order valence-corrected chi connectivity index (χ1v) is 10.3. The van der Waals surface area contributed by atoms with E-state index in [1.165, 1.54) is 0 Å². The van der Waals surface area contributed by atoms with Crippen molar-refractivity contribution in [1.82, 2.24) is 20.2 Å². The molecule has 0 radical (unpaired) electrons. The van der Waals surface area contributed by atoms with E-state index >= 15 is 0 Å². The van der Waals surface area contributed by atoms with Crippen LogP contribution in [0.25, 0.3) is 0 Å². The number of anilines is 1. The predicted octanol–water partition coefficient (Wildman–Crippen LogP) is 3.99. The lowest BCUT2D eigenvalue weighted by molar-refractivity contribution is 0.0562. The van der Waals surface area contributed by atoms with E-state index in [0.717, 1.165) is 37.1 Å². The van der Waals surface area contributed by atoms with Gasteiger partial charge in [-0.1, -0.05) is 12.1 Å². The summed E-state index contributed by atoms with van der Waals surface area (Å²) in [6.45, 7) is 10.6. The van der Waals surface area contributed by atoms with E-state index in [1.54, 1.807) is 12.1 Å². The SMILES string of the molecule is CN(C)c1ncc(CN(Cc2ccc(F)cc2)C2CC(C)(C)NC(C)(C)C2)cn1. The van der Waals surface area contributed by atoms with Crippen LogP contribution in [-0.4, -0.2) is 46.1 Å². The highest BCUT2D eigenvalue weighted by Gasteiger charge is 2.39. The first-order chi connectivity index (χ1) is 13.5. The highest BCUT2D eigenvalue weighted by atomic mass is 19.1. The van der Waals surface area contributed by atoms with Crippen LogP contribution in [0.1, 0.15) is 51.7 Å². The summed E-state index contributed by atoms with van der Waals surface area (Å²) in [5.74, 6) is 0.514. The normalized spacial score (nSPS) is 18.8. The molecular formula is C23H34FN5. The number of rotatable bonds is 6. The second-order valence-corrected chi connectivity index (χ2v) is 9.77. The minimum absolute atomic E-state index is 0.0543. The molecule has 158 valence electrons. The third-order valence-corrected chi connectivity index (χ3v) is 5.46. The Balaban J connectivity index is 1.85. The van der Waals surface area contributed by atoms with Crippen LogP contribution in [0.15, 0.2) is 36.7 Å². The number of hydrogen-bond donors (Lipinski definition) is 1. The molecule has 1 aromatic carbocycles. The van der Waals surface area contributed by atoms with Gasteiger partial charge in [0.15, 0.2) is 0 Å². The van der Waals surface area contributed by atoms with Gasteiger partial charge in [-0.25, -0.2) is 14.4 Å². The van der Waals surface area contributed by atoms with Crippen molar-refractivity contribution in [1.29, 1.82) is 0 Å². The second-order valence-electron chi connectivity index (χ2n) is 9.77. The largest absolute Gasteiger partial charge is 0.347 e. The fourth-order valence-corrected chi connectivity index (χ4v) is 4.56. The van der Waals surface area contributed by atoms with Crippen molar-refractivity contribution < 1.29 is 4.39 Å². The van der Waals surface area contributed by atoms with Crippen molar-refractivity contribution in [2.75, 3.05) is 19.0 Å². The molecule has 0 spiro atoms. The molecule has 0 saturated carbocycles. The van der Waals surface area contributed by atoms with E-state index in [9.17, 15) is 4.39 Å². The molecule has 1 aliphatic heterocycles. The summed E-state index contributed by atoms with van der Waals surface area (Å²) < 4.78 is 13.4. The average Bonchev–Trinajstić information content (AvgIpc) is 2.61. The second kappa shape index (κ2) is 8.36. The molecule has 0 bridgehead atoms. The number of aromatic nitrogens is 2. The lowest BCUT2D eigenvalue weighted by Gasteiger charge is -2.49. The van der Waals surface area contributed by atoms with Crippen molar-refractivity contribution in [3.8, 4) is 0 Å². The van der Waals surface area contributed by atoms with Gasteiger partial charge in [-0.3, -0.25) is 4.90 Å². The van der Waals surface area contributed by atoms with Crippen LogP contribution in [0.5, 0.6) is 0 Å². The fraction of sp³-hybridized carbons (Fsp3) is 0.565. The quantitative estimate of drug-likeness (QED) is 0.796. The number of nitrogens with one attached hydrogen (secondary N) is 1. The van der Waals surface area contributed by atoms with Crippen LogP contribution in [0.3, 0.4) is 0 Å². The molecule has 5 nitrogen and oxygen atoms in total. The predicted molar refractivity (Wildman–Crippen MR) is 116 cm³/mol. The monoisotopic (exact) mass is 399 g/mol. The molecule has 1 fully saturated rings. The summed E-state index contributed by atoms with van der Waals surface area (Å²) >= 11 is 0. The zero-order valence-electron chi connectivity index (χ0n) is 18.5. The third kappa shape index (κ3) is 5.97. The van der Waals surface area contributed by atoms with Gasteiger partial charge in [0, 0.05) is 62.3 Å². The summed E-state index contributed by atoms with van der Waals surface area (Å²) in [4.78, 5) is 13.3. The Labute approximate surface area is 174 Å². The Kier molecular flexibility index (Phi) is 6.24. The van der Waals surface area contributed by atoms with Gasteiger partial charge in [0.2, 0.25) is 5.95 Å². The Morgan fingerprint density at radius 1 is 0.931 bits per heavy atom. The Morgan fingerprint density at radius 3 is 1.97 bits per heavy atom. The molecular weight excluding hydrogens is 365 g/mol. The molecule has 0 amide bonds. The number of halogens is 1. The third-order valence-electron chi connectivity index (χ3n) is 5.46. The Morgan fingerprint density at radius 2 is 1.45 bits per heavy atom. The van der Waals surface area contributed by atoms with Crippen LogP contribution >= 0.6 is 0 Å². The number of piperidine rings is 1. The lowest BCUT2D eigenvalue weighted by Crippen LogP contribution is -2.62. The van der Waals surface area contributed by atoms with Gasteiger partial charge in [-0.05, 0) is 58.2 Å². The smallest absolute Gasteiger partial charge is 0.224 e. The molecule has 3 rings (SSSR count). The number of hydrogen-bond acceptors (Lipinski definition) is 5. The Hall–Kier alpha value is -2.05. The zero-order chi connectivity index (χ0) is 21.2. The molecule has 1 saturated heterocycles. The molecule has 6 heteroatoms. The van der Waals surface area contributed by atoms with Gasteiger partial charge < -0.3 is 10.2 Å². The fourth-order valence-electron chi connectivity index (χ4n) is 4.56. The highest BCUT2D eigenvalue weighted by Crippen LogP contribution is 2.33. The van der Waals surface area contributed by atoms with Gasteiger partial charge in [-0.2, -0.15) is 0 Å². The molecule has 0 aliphatic carbocycles. The van der Waals surface area contributed by atoms with Crippen molar-refractivity contribution in [2.24, 2.45) is 0 Å². The maximum Gasteiger partial charge on any atom is 0.224 e. The topological polar surface area (TPSA) is 44.3 Å². The van der Waals surface area contributed by atoms with Crippen LogP contribution in [0.4, 0.5) is 10.3 Å². The first kappa shape index (κ1) is 21.7. The van der Waals surface area contributed by atoms with Gasteiger partial charge in [0.25, 0.3) is 0 Å². The van der Waals surface area contributed by atoms with Crippen molar-refractivity contribution in [3.05, 3.63) is 53.6 Å². The maximum absolute atomic E-state index is 13.4. The first-order valence-electron chi connectivity index (χ1n) is 10.3. The lowest BCUT2D eigenvalue weighted by atomic mass is 9.79. The molecule has 29 heavy (non-hydrogen) atoms. The highest BCUT2D eigenvalue weighted by molar-refractivity contribution is 5.26. The molecule has 2 aromatic rings. The molecule has 0 unspecified atom stereocenters. The van der Waals surface area contributed by atoms with E-state index in [2.05, 4.69) is 47.9 Å². The van der Waals surface area contributed by atoms with Crippen LogP contribution in [0.2, 0.25) is 0 Å². The molecule has 1 aliphatic rings. The molecule has 2 heterocycles. The van der Waals surface area contributed by atoms with Gasteiger partial charge in [0.05, 0.1) is 0 Å². The molecule has 0 atom stereocenters. The van der Waals surface area contributed by atoms with Crippen LogP contribution < -0.4 is 10.2 Å². The summed E-state index contributed by atoms with van der Waals surface area (Å²) in [7, 11) is 3.88. The van der Waals surface area contributed by atoms with Crippen molar-refractivity contribution in [2.45, 2.75) is 70.7 Å². The number of benzene rings is 1. The van der Waals surface area contributed by atoms with Crippen LogP contribution in [-0.2, 0) is 13.1 Å². The van der Waals surface area contributed by atoms with Crippen LogP contribution in [0, 0.1) is 5.82 Å². The van der Waals surface area contributed by atoms with Crippen molar-refractivity contribution >= 4 is 5.95 Å². The van der Waals surface area contributed by atoms with E-state index in [4.69, 9.17) is 0 Å². The minimum Gasteiger partial charge on any atom is -0.347 e. The molecule has 1 aromatic heterocycles. The standard InChI is InChI=1S/C23H34FN5/c1-22(2)11-20(12-23(3,4)27-22)29(15-17-7-9-19(24)10-8-17)16-18-13-25-21(26-14-18)28(5)6/h7-10,13-14,20,27H,11-12,15-16H2,1-6H3. The van der Waals surface area contributed by atoms with Gasteiger partial charge in [-0.15, -0.1) is 0 Å². The van der Waals surface area contributed by atoms with E-state index < -0.39 is 0 Å².